The number of hydrogen-bond acceptors (Lipinski definition) is 9. The normalized spacial score (nSPS) is 25.7. The van der Waals surface area contributed by atoms with Crippen molar-refractivity contribution in [1.29, 1.82) is 0 Å². The van der Waals surface area contributed by atoms with Crippen LogP contribution in [0.4, 0.5) is 4.79 Å². The van der Waals surface area contributed by atoms with Crippen LogP contribution >= 0.6 is 34.8 Å². The van der Waals surface area contributed by atoms with Gasteiger partial charge >= 0.3 is 6.03 Å². The number of fused-ring (bicyclic) bond motifs is 2. The molecule has 314 valence electrons. The first-order valence-electron chi connectivity index (χ1n) is 19.6. The Morgan fingerprint density at radius 3 is 2.00 bits per heavy atom. The molecular formula is C41H50Cl3N5O7S2. The summed E-state index contributed by atoms with van der Waals surface area (Å²) in [5.74, 6) is 0.572. The third-order valence-corrected chi connectivity index (χ3v) is 15.7. The molecule has 3 saturated heterocycles. The molecule has 12 nitrogen and oxygen atoms in total. The molecule has 0 spiro atoms. The van der Waals surface area contributed by atoms with Crippen LogP contribution in [0, 0.1) is 0 Å². The average molecular weight is 895 g/mol. The van der Waals surface area contributed by atoms with Crippen molar-refractivity contribution >= 4 is 66.5 Å². The number of morpholine rings is 1. The van der Waals surface area contributed by atoms with Gasteiger partial charge < -0.3 is 14.4 Å². The van der Waals surface area contributed by atoms with E-state index in [2.05, 4.69) is 4.90 Å². The lowest BCUT2D eigenvalue weighted by Gasteiger charge is -2.47. The van der Waals surface area contributed by atoms with E-state index in [0.717, 1.165) is 24.0 Å². The summed E-state index contributed by atoms with van der Waals surface area (Å²) < 4.78 is 66.5. The molecule has 4 aliphatic heterocycles. The van der Waals surface area contributed by atoms with Crippen LogP contribution in [0.1, 0.15) is 63.6 Å². The number of aliphatic imine (C=N–C) groups is 1. The number of hydrogen-bond donors (Lipinski definition) is 0. The van der Waals surface area contributed by atoms with Crippen LogP contribution in [0.5, 0.6) is 5.75 Å². The fourth-order valence-corrected chi connectivity index (χ4v) is 11.5. The number of nitrogens with zero attached hydrogens (tertiary/aromatic N) is 5. The Balaban J connectivity index is 1.39. The summed E-state index contributed by atoms with van der Waals surface area (Å²) in [4.78, 5) is 26.5. The van der Waals surface area contributed by atoms with E-state index in [1.165, 1.54) is 22.7 Å². The fourth-order valence-electron chi connectivity index (χ4n) is 8.59. The fraction of sp³-hybridized carbons (Fsp3) is 0.512. The van der Waals surface area contributed by atoms with Crippen molar-refractivity contribution in [2.24, 2.45) is 4.99 Å². The Kier molecular flexibility index (Phi) is 12.3. The van der Waals surface area contributed by atoms with E-state index in [1.807, 2.05) is 52.0 Å². The lowest BCUT2D eigenvalue weighted by Crippen LogP contribution is -2.60. The molecule has 58 heavy (non-hydrogen) atoms. The number of ether oxygens (including phenoxy) is 2. The summed E-state index contributed by atoms with van der Waals surface area (Å²) in [7, 11) is -7.24. The van der Waals surface area contributed by atoms with Gasteiger partial charge in [0.2, 0.25) is 10.0 Å². The first-order chi connectivity index (χ1) is 27.3. The first-order valence-corrected chi connectivity index (χ1v) is 24.2. The van der Waals surface area contributed by atoms with Crippen molar-refractivity contribution in [2.75, 3.05) is 57.8 Å². The summed E-state index contributed by atoms with van der Waals surface area (Å²) in [5.41, 5.74) is -0.631. The van der Waals surface area contributed by atoms with Gasteiger partial charge in [0.25, 0.3) is 0 Å². The topological polar surface area (TPSA) is 129 Å². The summed E-state index contributed by atoms with van der Waals surface area (Å²) in [6, 6.07) is 17.3. The molecule has 0 saturated carbocycles. The number of halogens is 3. The van der Waals surface area contributed by atoms with Gasteiger partial charge in [0.05, 0.1) is 34.7 Å². The summed E-state index contributed by atoms with van der Waals surface area (Å²) in [5, 5.41) is 1.03. The van der Waals surface area contributed by atoms with Crippen LogP contribution in [-0.2, 0) is 35.7 Å². The van der Waals surface area contributed by atoms with Crippen LogP contribution in [0.2, 0.25) is 15.1 Å². The van der Waals surface area contributed by atoms with E-state index in [0.29, 0.717) is 54.8 Å². The number of urea groups is 1. The van der Waals surface area contributed by atoms with E-state index >= 15 is 4.79 Å². The number of amidine groups is 1. The number of amides is 2. The van der Waals surface area contributed by atoms with E-state index < -0.39 is 30.9 Å². The molecular weight excluding hydrogens is 845 g/mol. The van der Waals surface area contributed by atoms with Crippen LogP contribution in [0.3, 0.4) is 0 Å². The molecule has 0 N–H and O–H groups in total. The Hall–Kier alpha value is -2.95. The van der Waals surface area contributed by atoms with Crippen molar-refractivity contribution in [1.82, 2.24) is 19.0 Å². The highest BCUT2D eigenvalue weighted by Crippen LogP contribution is 2.54. The zero-order valence-corrected chi connectivity index (χ0v) is 37.2. The number of benzene rings is 3. The van der Waals surface area contributed by atoms with Crippen molar-refractivity contribution in [2.45, 2.75) is 81.2 Å². The number of sulfone groups is 1. The van der Waals surface area contributed by atoms with Crippen molar-refractivity contribution in [3.8, 4) is 5.75 Å². The minimum atomic E-state index is -4.14. The van der Waals surface area contributed by atoms with E-state index in [4.69, 9.17) is 49.3 Å². The molecule has 3 aromatic carbocycles. The zero-order valence-electron chi connectivity index (χ0n) is 33.3. The third kappa shape index (κ3) is 8.37. The van der Waals surface area contributed by atoms with Gasteiger partial charge in [0.15, 0.2) is 0 Å². The van der Waals surface area contributed by atoms with Gasteiger partial charge in [-0.1, -0.05) is 59.1 Å². The lowest BCUT2D eigenvalue weighted by molar-refractivity contribution is -0.0114. The molecule has 0 aliphatic carbocycles. The molecule has 0 aromatic heterocycles. The van der Waals surface area contributed by atoms with Crippen molar-refractivity contribution < 1.29 is 31.1 Å². The second kappa shape index (κ2) is 16.5. The predicted octanol–water partition coefficient (Wildman–Crippen LogP) is 7.05. The molecule has 2 bridgehead atoms. The Bertz CT molecular complexity index is 2280. The molecule has 4 unspecified atom stereocenters. The van der Waals surface area contributed by atoms with Gasteiger partial charge in [-0.25, -0.2) is 21.6 Å². The predicted molar refractivity (Wildman–Crippen MR) is 228 cm³/mol. The van der Waals surface area contributed by atoms with Crippen LogP contribution in [-0.4, -0.2) is 124 Å². The minimum absolute atomic E-state index is 0.0115. The van der Waals surface area contributed by atoms with Crippen molar-refractivity contribution in [3.05, 3.63) is 92.4 Å². The first kappa shape index (κ1) is 43.1. The molecule has 4 aliphatic rings. The second-order valence-electron chi connectivity index (χ2n) is 16.2. The molecule has 17 heteroatoms. The number of rotatable bonds is 11. The van der Waals surface area contributed by atoms with E-state index in [9.17, 15) is 16.8 Å². The standard InChI is InChI=1S/C41H50Cl3N5O7S2/c1-27(2)55-36-24-35(44)37(58(53,54)48-25-32-15-16-33(26-48)56-32)23-34(36)38-45-40(3,28-7-11-30(42)12-8-28)41(4,29-9-13-31(43)14-10-29)49(38)39(50)47-20-18-46(19-21-47)17-6-22-57(5,51)52/h7-14,23-24,27,32-33H,6,15-22,25-26H2,1-5H3. The van der Waals surface area contributed by atoms with E-state index in [1.54, 1.807) is 34.1 Å². The summed E-state index contributed by atoms with van der Waals surface area (Å²) >= 11 is 19.8. The maximum absolute atomic E-state index is 15.5. The number of piperazine rings is 1. The molecule has 4 atom stereocenters. The SMILES string of the molecule is CC(C)Oc1cc(Cl)c(S(=O)(=O)N2CC3CCC(C2)O3)cc1C1=NC(C)(c2ccc(Cl)cc2)C(C)(c2ccc(Cl)cc2)N1C(=O)N1CCN(CCCS(C)(=O)=O)CC1. The molecule has 3 fully saturated rings. The van der Waals surface area contributed by atoms with Crippen LogP contribution in [0.25, 0.3) is 0 Å². The molecule has 0 radical (unpaired) electrons. The quantitative estimate of drug-likeness (QED) is 0.201. The number of carbonyl (C=O) groups is 1. The Morgan fingerprint density at radius 1 is 0.879 bits per heavy atom. The lowest BCUT2D eigenvalue weighted by atomic mass is 9.71. The molecule has 4 heterocycles. The highest BCUT2D eigenvalue weighted by molar-refractivity contribution is 7.90. The number of carbonyl (C=O) groups excluding carboxylic acids is 1. The second-order valence-corrected chi connectivity index (χ2v) is 21.7. The largest absolute Gasteiger partial charge is 0.490 e. The van der Waals surface area contributed by atoms with Gasteiger partial charge in [-0.05, 0) is 95.0 Å². The van der Waals surface area contributed by atoms with Crippen LogP contribution in [0.15, 0.2) is 70.6 Å². The average Bonchev–Trinajstić information content (AvgIpc) is 3.62. The van der Waals surface area contributed by atoms with Gasteiger partial charge in [-0.2, -0.15) is 4.31 Å². The summed E-state index contributed by atoms with van der Waals surface area (Å²) in [6.45, 7) is 10.4. The van der Waals surface area contributed by atoms with Gasteiger partial charge in [0.1, 0.15) is 37.4 Å². The Morgan fingerprint density at radius 2 is 1.45 bits per heavy atom. The Labute approximate surface area is 357 Å². The molecule has 7 rings (SSSR count). The maximum Gasteiger partial charge on any atom is 0.326 e. The van der Waals surface area contributed by atoms with E-state index in [-0.39, 0.29) is 64.7 Å². The van der Waals surface area contributed by atoms with Crippen molar-refractivity contribution in [3.63, 3.8) is 0 Å². The van der Waals surface area contributed by atoms with Gasteiger partial charge in [-0.15, -0.1) is 0 Å². The molecule has 3 aromatic rings. The number of sulfonamides is 1. The summed E-state index contributed by atoms with van der Waals surface area (Å²) in [6.07, 6.45) is 2.57. The van der Waals surface area contributed by atoms with Gasteiger partial charge in [-0.3, -0.25) is 14.8 Å². The monoisotopic (exact) mass is 893 g/mol. The zero-order chi connectivity index (χ0) is 41.8. The maximum atomic E-state index is 15.5. The molecule has 2 amide bonds. The smallest absolute Gasteiger partial charge is 0.326 e. The highest BCUT2D eigenvalue weighted by atomic mass is 35.5. The highest BCUT2D eigenvalue weighted by Gasteiger charge is 2.60. The van der Waals surface area contributed by atoms with Crippen LogP contribution < -0.4 is 4.74 Å². The third-order valence-electron chi connectivity index (χ3n) is 11.8. The minimum Gasteiger partial charge on any atom is -0.490 e. The van der Waals surface area contributed by atoms with Gasteiger partial charge in [0, 0.05) is 61.6 Å².